The van der Waals surface area contributed by atoms with Gasteiger partial charge in [-0.1, -0.05) is 40.4 Å². The molecule has 1 nitrogen and oxygen atoms in total. The van der Waals surface area contributed by atoms with Crippen LogP contribution in [0.3, 0.4) is 0 Å². The number of rotatable bonds is 1. The van der Waals surface area contributed by atoms with E-state index in [1.165, 1.54) is 6.42 Å². The number of carbonyl (C=O) groups is 1. The van der Waals surface area contributed by atoms with Crippen molar-refractivity contribution in [3.63, 3.8) is 0 Å². The first-order valence-electron chi connectivity index (χ1n) is 5.58. The lowest BCUT2D eigenvalue weighted by atomic mass is 9.71. The molecule has 1 atom stereocenters. The first kappa shape index (κ1) is 12.0. The van der Waals surface area contributed by atoms with Gasteiger partial charge in [0, 0.05) is 12.8 Å². The van der Waals surface area contributed by atoms with Crippen LogP contribution in [-0.2, 0) is 4.79 Å². The van der Waals surface area contributed by atoms with Crippen molar-refractivity contribution in [1.29, 1.82) is 0 Å². The summed E-state index contributed by atoms with van der Waals surface area (Å²) in [4.78, 5) is 11.8. The number of carbonyl (C=O) groups excluding carboxylic acids is 1. The van der Waals surface area contributed by atoms with Gasteiger partial charge < -0.3 is 0 Å². The van der Waals surface area contributed by atoms with Gasteiger partial charge in [0.1, 0.15) is 5.78 Å². The van der Waals surface area contributed by atoms with Crippen molar-refractivity contribution >= 4 is 13.9 Å². The molecule has 2 heteroatoms. The Labute approximate surface area is 89.3 Å². The molecule has 0 aromatic carbocycles. The summed E-state index contributed by atoms with van der Waals surface area (Å²) in [5.74, 6) is 0.478. The molecule has 0 N–H and O–H groups in total. The van der Waals surface area contributed by atoms with Crippen molar-refractivity contribution in [2.45, 2.75) is 64.7 Å². The van der Waals surface area contributed by atoms with Crippen LogP contribution in [-0.4, -0.2) is 13.9 Å². The molecule has 0 aromatic rings. The van der Waals surface area contributed by atoms with Gasteiger partial charge in [0.25, 0.3) is 0 Å². The van der Waals surface area contributed by atoms with Crippen molar-refractivity contribution in [2.24, 2.45) is 5.41 Å². The fraction of sp³-hybridized carbons (Fsp3) is 0.917. The molecule has 0 amide bonds. The lowest BCUT2D eigenvalue weighted by Crippen LogP contribution is -2.45. The largest absolute Gasteiger partial charge is 0.300 e. The van der Waals surface area contributed by atoms with Gasteiger partial charge in [0.2, 0.25) is 0 Å². The topological polar surface area (TPSA) is 17.1 Å². The average Bonchev–Trinajstić information content (AvgIpc) is 1.76. The normalized spacial score (nSPS) is 33.1. The van der Waals surface area contributed by atoms with Crippen LogP contribution in [0.25, 0.3) is 0 Å². The van der Waals surface area contributed by atoms with E-state index < -0.39 is 8.07 Å². The molecule has 0 radical (unpaired) electrons. The number of hydrogen-bond acceptors (Lipinski definition) is 1. The third kappa shape index (κ3) is 2.27. The van der Waals surface area contributed by atoms with E-state index in [9.17, 15) is 4.79 Å². The Hall–Kier alpha value is -0.113. The molecule has 1 saturated carbocycles. The molecule has 1 fully saturated rings. The number of ketones is 1. The SMILES string of the molecule is CC1(C)CC(=O)CC(C)([Si](C)(C)C)C1. The maximum absolute atomic E-state index is 11.8. The molecule has 14 heavy (non-hydrogen) atoms. The number of hydrogen-bond donors (Lipinski definition) is 0. The summed E-state index contributed by atoms with van der Waals surface area (Å²) in [6.45, 7) is 14.0. The third-order valence-electron chi connectivity index (χ3n) is 3.94. The second-order valence-corrected chi connectivity index (χ2v) is 12.8. The summed E-state index contributed by atoms with van der Waals surface area (Å²) in [6.07, 6.45) is 2.83. The van der Waals surface area contributed by atoms with Gasteiger partial charge in [0.05, 0.1) is 8.07 Å². The van der Waals surface area contributed by atoms with Crippen molar-refractivity contribution in [1.82, 2.24) is 0 Å². The molecule has 0 heterocycles. The van der Waals surface area contributed by atoms with Gasteiger partial charge in [0.15, 0.2) is 0 Å². The van der Waals surface area contributed by atoms with E-state index in [2.05, 4.69) is 40.4 Å². The van der Waals surface area contributed by atoms with Crippen LogP contribution in [0.1, 0.15) is 40.0 Å². The van der Waals surface area contributed by atoms with E-state index in [0.717, 1.165) is 12.8 Å². The van der Waals surface area contributed by atoms with Gasteiger partial charge in [-0.2, -0.15) is 0 Å². The van der Waals surface area contributed by atoms with E-state index in [0.29, 0.717) is 10.8 Å². The van der Waals surface area contributed by atoms with E-state index >= 15 is 0 Å². The summed E-state index contributed by atoms with van der Waals surface area (Å²) in [5, 5.41) is 0.311. The molecule has 1 aliphatic rings. The molecule has 0 aromatic heterocycles. The monoisotopic (exact) mass is 212 g/mol. The van der Waals surface area contributed by atoms with Crippen molar-refractivity contribution in [2.75, 3.05) is 0 Å². The molecule has 0 bridgehead atoms. The Morgan fingerprint density at radius 3 is 1.93 bits per heavy atom. The van der Waals surface area contributed by atoms with Gasteiger partial charge in [-0.15, -0.1) is 0 Å². The number of Topliss-reactive ketones (excluding diaryl/α,β-unsaturated/α-hetero) is 1. The molecule has 0 aliphatic heterocycles. The van der Waals surface area contributed by atoms with E-state index in [1.54, 1.807) is 0 Å². The van der Waals surface area contributed by atoms with Gasteiger partial charge in [-0.25, -0.2) is 0 Å². The molecule has 0 spiro atoms. The molecular weight excluding hydrogens is 188 g/mol. The molecular formula is C12H24OSi. The average molecular weight is 212 g/mol. The third-order valence-corrected chi connectivity index (χ3v) is 7.92. The molecule has 1 unspecified atom stereocenters. The van der Waals surface area contributed by atoms with Crippen LogP contribution in [0.15, 0.2) is 0 Å². The highest BCUT2D eigenvalue weighted by atomic mass is 28.3. The Morgan fingerprint density at radius 1 is 1.07 bits per heavy atom. The zero-order valence-electron chi connectivity index (χ0n) is 10.5. The van der Waals surface area contributed by atoms with E-state index in [1.807, 2.05) is 0 Å². The highest BCUT2D eigenvalue weighted by Gasteiger charge is 2.47. The minimum Gasteiger partial charge on any atom is -0.300 e. The van der Waals surface area contributed by atoms with E-state index in [-0.39, 0.29) is 5.41 Å². The highest BCUT2D eigenvalue weighted by Crippen LogP contribution is 2.54. The molecule has 1 aliphatic carbocycles. The first-order valence-corrected chi connectivity index (χ1v) is 9.08. The van der Waals surface area contributed by atoms with E-state index in [4.69, 9.17) is 0 Å². The summed E-state index contributed by atoms with van der Waals surface area (Å²) < 4.78 is 0. The standard InChI is InChI=1S/C12H24OSi/c1-11(2)7-10(13)8-12(3,9-11)14(4,5)6/h7-9H2,1-6H3. The smallest absolute Gasteiger partial charge is 0.133 e. The Bertz CT molecular complexity index is 250. The quantitative estimate of drug-likeness (QED) is 0.603. The van der Waals surface area contributed by atoms with Crippen molar-refractivity contribution < 1.29 is 4.79 Å². The lowest BCUT2D eigenvalue weighted by Gasteiger charge is -2.48. The zero-order valence-corrected chi connectivity index (χ0v) is 11.5. The fourth-order valence-electron chi connectivity index (χ4n) is 2.74. The maximum atomic E-state index is 11.8. The lowest BCUT2D eigenvalue weighted by molar-refractivity contribution is -0.124. The molecule has 1 rings (SSSR count). The van der Waals surface area contributed by atoms with Crippen molar-refractivity contribution in [3.8, 4) is 0 Å². The van der Waals surface area contributed by atoms with Gasteiger partial charge in [-0.3, -0.25) is 4.79 Å². The second kappa shape index (κ2) is 3.19. The Morgan fingerprint density at radius 2 is 1.57 bits per heavy atom. The summed E-state index contributed by atoms with van der Waals surface area (Å²) in [6, 6.07) is 0. The summed E-state index contributed by atoms with van der Waals surface area (Å²) >= 11 is 0. The summed E-state index contributed by atoms with van der Waals surface area (Å²) in [5.41, 5.74) is 0.227. The van der Waals surface area contributed by atoms with Gasteiger partial charge >= 0.3 is 0 Å². The zero-order chi connectivity index (χ0) is 11.2. The predicted octanol–water partition coefficient (Wildman–Crippen LogP) is 3.86. The molecule has 0 saturated heterocycles. The van der Waals surface area contributed by atoms with Crippen LogP contribution < -0.4 is 0 Å². The van der Waals surface area contributed by atoms with Crippen LogP contribution >= 0.6 is 0 Å². The predicted molar refractivity (Wildman–Crippen MR) is 64.4 cm³/mol. The minimum atomic E-state index is -1.23. The maximum Gasteiger partial charge on any atom is 0.133 e. The first-order chi connectivity index (χ1) is 6.06. The van der Waals surface area contributed by atoms with Crippen LogP contribution in [0.5, 0.6) is 0 Å². The Balaban J connectivity index is 2.96. The van der Waals surface area contributed by atoms with Gasteiger partial charge in [-0.05, 0) is 16.9 Å². The minimum absolute atomic E-state index is 0.227. The van der Waals surface area contributed by atoms with Crippen LogP contribution in [0.2, 0.25) is 24.7 Å². The highest BCUT2D eigenvalue weighted by molar-refractivity contribution is 6.79. The summed E-state index contributed by atoms with van der Waals surface area (Å²) in [7, 11) is -1.23. The van der Waals surface area contributed by atoms with Crippen LogP contribution in [0, 0.1) is 5.41 Å². The van der Waals surface area contributed by atoms with Crippen LogP contribution in [0.4, 0.5) is 0 Å². The molecule has 82 valence electrons. The van der Waals surface area contributed by atoms with Crippen molar-refractivity contribution in [3.05, 3.63) is 0 Å². The Kier molecular flexibility index (Phi) is 2.73. The second-order valence-electron chi connectivity index (χ2n) is 7.04. The fourth-order valence-corrected chi connectivity index (χ4v) is 4.48.